The summed E-state index contributed by atoms with van der Waals surface area (Å²) in [5, 5.41) is 2.88. The van der Waals surface area contributed by atoms with Gasteiger partial charge in [0.05, 0.1) is 17.8 Å². The van der Waals surface area contributed by atoms with E-state index in [2.05, 4.69) is 17.4 Å². The molecule has 2 heterocycles. The van der Waals surface area contributed by atoms with E-state index in [0.717, 1.165) is 22.6 Å². The molecule has 0 bridgehead atoms. The van der Waals surface area contributed by atoms with Gasteiger partial charge in [-0.05, 0) is 31.0 Å². The number of rotatable bonds is 6. The lowest BCUT2D eigenvalue weighted by atomic mass is 10.1. The number of benzene rings is 2. The van der Waals surface area contributed by atoms with E-state index in [9.17, 15) is 4.79 Å². The largest absolute Gasteiger partial charge is 0.438 e. The molecule has 1 aliphatic heterocycles. The fourth-order valence-electron chi connectivity index (χ4n) is 3.77. The molecular weight excluding hydrogens is 402 g/mol. The molecule has 7 nitrogen and oxygen atoms in total. The third-order valence-corrected chi connectivity index (χ3v) is 5.53. The van der Waals surface area contributed by atoms with Gasteiger partial charge in [0.1, 0.15) is 5.75 Å². The zero-order valence-electron chi connectivity index (χ0n) is 18.8. The zero-order valence-corrected chi connectivity index (χ0v) is 18.8. The number of carbonyl (C=O) groups is 1. The molecule has 0 saturated heterocycles. The smallest absolute Gasteiger partial charge is 0.317 e. The van der Waals surface area contributed by atoms with Crippen molar-refractivity contribution in [1.82, 2.24) is 20.2 Å². The maximum atomic E-state index is 12.4. The van der Waals surface area contributed by atoms with Crippen molar-refractivity contribution < 1.29 is 9.53 Å². The Morgan fingerprint density at radius 3 is 2.62 bits per heavy atom. The molecule has 166 valence electrons. The Hall–Kier alpha value is -3.61. The Balaban J connectivity index is 1.68. The predicted octanol–water partition coefficient (Wildman–Crippen LogP) is 4.30. The van der Waals surface area contributed by atoms with Crippen LogP contribution in [0, 0.1) is 6.92 Å². The fourth-order valence-corrected chi connectivity index (χ4v) is 3.77. The van der Waals surface area contributed by atoms with Crippen molar-refractivity contribution in [1.29, 1.82) is 0 Å². The number of carbonyl (C=O) groups excluding carboxylic acids is 1. The first-order valence-electron chi connectivity index (χ1n) is 11.0. The number of hydrogen-bond acceptors (Lipinski definition) is 5. The van der Waals surface area contributed by atoms with Gasteiger partial charge in [0.15, 0.2) is 0 Å². The van der Waals surface area contributed by atoms with Crippen LogP contribution >= 0.6 is 0 Å². The molecule has 1 N–H and O–H groups in total. The van der Waals surface area contributed by atoms with Crippen molar-refractivity contribution in [3.05, 3.63) is 77.0 Å². The molecule has 1 aromatic heterocycles. The lowest BCUT2D eigenvalue weighted by molar-refractivity contribution is 0.191. The van der Waals surface area contributed by atoms with Crippen molar-refractivity contribution in [3.63, 3.8) is 0 Å². The second-order valence-electron chi connectivity index (χ2n) is 7.97. The molecule has 2 amide bonds. The third-order valence-electron chi connectivity index (χ3n) is 5.53. The highest BCUT2D eigenvalue weighted by molar-refractivity contribution is 5.74. The van der Waals surface area contributed by atoms with Crippen LogP contribution in [0.5, 0.6) is 11.6 Å². The SMILES string of the molecule is CCNC(=O)N1CCc2nc(N(C)Cc3ccccc3)nc(Oc3ccccc3C)c2C1. The molecular formula is C25H29N5O2. The quantitative estimate of drug-likeness (QED) is 0.630. The molecule has 0 atom stereocenters. The summed E-state index contributed by atoms with van der Waals surface area (Å²) < 4.78 is 6.30. The highest BCUT2D eigenvalue weighted by atomic mass is 16.5. The van der Waals surface area contributed by atoms with Crippen LogP contribution in [-0.4, -0.2) is 41.0 Å². The van der Waals surface area contributed by atoms with E-state index in [0.29, 0.717) is 44.4 Å². The van der Waals surface area contributed by atoms with Crippen molar-refractivity contribution in [2.24, 2.45) is 0 Å². The first-order valence-corrected chi connectivity index (χ1v) is 11.0. The molecule has 2 aromatic carbocycles. The van der Waals surface area contributed by atoms with Crippen LogP contribution in [0.1, 0.15) is 29.3 Å². The lowest BCUT2D eigenvalue weighted by Gasteiger charge is -2.30. The van der Waals surface area contributed by atoms with E-state index < -0.39 is 0 Å². The standard InChI is InChI=1S/C25H29N5O2/c1-4-26-25(31)30-15-14-21-20(17-30)23(32-22-13-9-8-10-18(22)2)28-24(27-21)29(3)16-19-11-6-5-7-12-19/h5-13H,4,14-17H2,1-3H3,(H,26,31). The highest BCUT2D eigenvalue weighted by Crippen LogP contribution is 2.32. The average molecular weight is 432 g/mol. The van der Waals surface area contributed by atoms with Crippen LogP contribution in [-0.2, 0) is 19.5 Å². The molecule has 0 spiro atoms. The molecule has 1 aliphatic rings. The number of ether oxygens (including phenoxy) is 1. The lowest BCUT2D eigenvalue weighted by Crippen LogP contribution is -2.43. The van der Waals surface area contributed by atoms with Gasteiger partial charge in [-0.1, -0.05) is 48.5 Å². The maximum Gasteiger partial charge on any atom is 0.317 e. The van der Waals surface area contributed by atoms with Crippen LogP contribution < -0.4 is 15.0 Å². The minimum atomic E-state index is -0.0785. The van der Waals surface area contributed by atoms with Crippen LogP contribution in [0.3, 0.4) is 0 Å². The number of hydrogen-bond donors (Lipinski definition) is 1. The van der Waals surface area contributed by atoms with Gasteiger partial charge in [0.25, 0.3) is 0 Å². The Morgan fingerprint density at radius 2 is 1.88 bits per heavy atom. The molecule has 4 rings (SSSR count). The van der Waals surface area contributed by atoms with Crippen molar-refractivity contribution in [2.75, 3.05) is 25.0 Å². The zero-order chi connectivity index (χ0) is 22.5. The minimum absolute atomic E-state index is 0.0785. The second kappa shape index (κ2) is 9.68. The van der Waals surface area contributed by atoms with Gasteiger partial charge >= 0.3 is 6.03 Å². The Morgan fingerprint density at radius 1 is 1.12 bits per heavy atom. The number of nitrogens with one attached hydrogen (secondary N) is 1. The van der Waals surface area contributed by atoms with Gasteiger partial charge in [-0.3, -0.25) is 0 Å². The van der Waals surface area contributed by atoms with Gasteiger partial charge in [-0.2, -0.15) is 4.98 Å². The first-order chi connectivity index (χ1) is 15.5. The summed E-state index contributed by atoms with van der Waals surface area (Å²) in [5.41, 5.74) is 4.00. The number of fused-ring (bicyclic) bond motifs is 1. The van der Waals surface area contributed by atoms with E-state index >= 15 is 0 Å². The third kappa shape index (κ3) is 4.82. The molecule has 32 heavy (non-hydrogen) atoms. The van der Waals surface area contributed by atoms with E-state index in [-0.39, 0.29) is 6.03 Å². The predicted molar refractivity (Wildman–Crippen MR) is 125 cm³/mol. The molecule has 0 aliphatic carbocycles. The fraction of sp³-hybridized carbons (Fsp3) is 0.320. The number of para-hydroxylation sites is 1. The molecule has 0 fully saturated rings. The molecule has 0 radical (unpaired) electrons. The second-order valence-corrected chi connectivity index (χ2v) is 7.97. The van der Waals surface area contributed by atoms with Crippen molar-refractivity contribution >= 4 is 12.0 Å². The Kier molecular flexibility index (Phi) is 6.54. The monoisotopic (exact) mass is 431 g/mol. The maximum absolute atomic E-state index is 12.4. The van der Waals surface area contributed by atoms with Gasteiger partial charge in [-0.15, -0.1) is 0 Å². The van der Waals surface area contributed by atoms with Gasteiger partial charge < -0.3 is 19.9 Å². The summed E-state index contributed by atoms with van der Waals surface area (Å²) in [6, 6.07) is 18.0. The Bertz CT molecular complexity index is 1090. The van der Waals surface area contributed by atoms with E-state index in [1.807, 2.05) is 68.3 Å². The summed E-state index contributed by atoms with van der Waals surface area (Å²) in [7, 11) is 1.98. The van der Waals surface area contributed by atoms with Gasteiger partial charge in [0.2, 0.25) is 11.8 Å². The topological polar surface area (TPSA) is 70.6 Å². The number of nitrogens with zero attached hydrogens (tertiary/aromatic N) is 4. The summed E-state index contributed by atoms with van der Waals surface area (Å²) in [4.78, 5) is 25.9. The van der Waals surface area contributed by atoms with E-state index in [4.69, 9.17) is 14.7 Å². The molecule has 7 heteroatoms. The highest BCUT2D eigenvalue weighted by Gasteiger charge is 2.27. The number of aryl methyl sites for hydroxylation is 1. The van der Waals surface area contributed by atoms with Gasteiger partial charge in [-0.25, -0.2) is 9.78 Å². The molecule has 0 unspecified atom stereocenters. The first kappa shape index (κ1) is 21.6. The summed E-state index contributed by atoms with van der Waals surface area (Å²) in [5.74, 6) is 1.87. The van der Waals surface area contributed by atoms with Crippen LogP contribution in [0.25, 0.3) is 0 Å². The van der Waals surface area contributed by atoms with E-state index in [1.165, 1.54) is 5.56 Å². The number of anilines is 1. The average Bonchev–Trinajstić information content (AvgIpc) is 2.81. The summed E-state index contributed by atoms with van der Waals surface area (Å²) in [6.45, 7) is 6.24. The minimum Gasteiger partial charge on any atom is -0.438 e. The summed E-state index contributed by atoms with van der Waals surface area (Å²) >= 11 is 0. The van der Waals surface area contributed by atoms with Crippen LogP contribution in [0.2, 0.25) is 0 Å². The van der Waals surface area contributed by atoms with Crippen molar-refractivity contribution in [3.8, 4) is 11.6 Å². The number of amides is 2. The Labute approximate surface area is 189 Å². The summed E-state index contributed by atoms with van der Waals surface area (Å²) in [6.07, 6.45) is 0.658. The van der Waals surface area contributed by atoms with E-state index in [1.54, 1.807) is 4.90 Å². The van der Waals surface area contributed by atoms with Crippen LogP contribution in [0.15, 0.2) is 54.6 Å². The number of aromatic nitrogens is 2. The van der Waals surface area contributed by atoms with Crippen LogP contribution in [0.4, 0.5) is 10.7 Å². The molecule has 0 saturated carbocycles. The molecule has 3 aromatic rings. The van der Waals surface area contributed by atoms with Crippen molar-refractivity contribution in [2.45, 2.75) is 33.4 Å². The number of urea groups is 1. The normalized spacial score (nSPS) is 12.8. The van der Waals surface area contributed by atoms with Gasteiger partial charge in [0, 0.05) is 33.1 Å².